The van der Waals surface area contributed by atoms with Gasteiger partial charge in [-0.05, 0) is 43.7 Å². The first-order valence-electron chi connectivity index (χ1n) is 6.58. The maximum absolute atomic E-state index is 5.97. The fraction of sp³-hybridized carbons (Fsp3) is 1.00. The van der Waals surface area contributed by atoms with E-state index in [4.69, 9.17) is 11.6 Å². The molecular formula is C13H26ClN. The molecule has 1 aliphatic rings. The quantitative estimate of drug-likeness (QED) is 0.660. The lowest BCUT2D eigenvalue weighted by Crippen LogP contribution is -2.29. The Balaban J connectivity index is 2.13. The first-order chi connectivity index (χ1) is 7.31. The average Bonchev–Trinajstić information content (AvgIpc) is 2.72. The third kappa shape index (κ3) is 4.32. The molecule has 0 aromatic carbocycles. The average molecular weight is 232 g/mol. The van der Waals surface area contributed by atoms with Crippen molar-refractivity contribution in [1.82, 2.24) is 5.32 Å². The molecule has 2 atom stereocenters. The van der Waals surface area contributed by atoms with E-state index >= 15 is 0 Å². The Labute approximate surface area is 100.0 Å². The van der Waals surface area contributed by atoms with Gasteiger partial charge in [0.05, 0.1) is 0 Å². The Morgan fingerprint density at radius 1 is 1.20 bits per heavy atom. The van der Waals surface area contributed by atoms with E-state index in [0.29, 0.717) is 0 Å². The third-order valence-electron chi connectivity index (χ3n) is 4.01. The highest BCUT2D eigenvalue weighted by molar-refractivity contribution is 6.18. The van der Waals surface area contributed by atoms with Crippen molar-refractivity contribution >= 4 is 11.6 Å². The molecule has 0 saturated heterocycles. The molecule has 0 aromatic rings. The Morgan fingerprint density at radius 2 is 1.87 bits per heavy atom. The minimum absolute atomic E-state index is 0.779. The minimum Gasteiger partial charge on any atom is -0.316 e. The summed E-state index contributed by atoms with van der Waals surface area (Å²) in [5.41, 5.74) is 0. The second kappa shape index (κ2) is 7.51. The molecule has 0 spiro atoms. The van der Waals surface area contributed by atoms with Crippen molar-refractivity contribution in [3.63, 3.8) is 0 Å². The summed E-state index contributed by atoms with van der Waals surface area (Å²) in [6, 6.07) is 0. The van der Waals surface area contributed by atoms with Crippen molar-refractivity contribution in [2.75, 3.05) is 19.0 Å². The van der Waals surface area contributed by atoms with Crippen LogP contribution in [0.5, 0.6) is 0 Å². The number of nitrogens with one attached hydrogen (secondary N) is 1. The maximum atomic E-state index is 5.97. The lowest BCUT2D eigenvalue weighted by atomic mass is 9.97. The zero-order chi connectivity index (χ0) is 11.1. The zero-order valence-corrected chi connectivity index (χ0v) is 11.0. The van der Waals surface area contributed by atoms with Crippen LogP contribution >= 0.6 is 11.6 Å². The smallest absolute Gasteiger partial charge is 0.0254 e. The maximum Gasteiger partial charge on any atom is 0.0254 e. The first-order valence-corrected chi connectivity index (χ1v) is 7.11. The molecule has 1 nitrogen and oxygen atoms in total. The summed E-state index contributed by atoms with van der Waals surface area (Å²) in [5, 5.41) is 3.63. The molecule has 2 unspecified atom stereocenters. The van der Waals surface area contributed by atoms with Crippen molar-refractivity contribution < 1.29 is 0 Å². The van der Waals surface area contributed by atoms with E-state index in [0.717, 1.165) is 23.6 Å². The number of rotatable bonds is 7. The molecule has 0 heterocycles. The van der Waals surface area contributed by atoms with Crippen LogP contribution in [-0.4, -0.2) is 19.0 Å². The van der Waals surface area contributed by atoms with Gasteiger partial charge in [-0.25, -0.2) is 0 Å². The van der Waals surface area contributed by atoms with Crippen LogP contribution in [0, 0.1) is 17.8 Å². The van der Waals surface area contributed by atoms with Gasteiger partial charge in [0.2, 0.25) is 0 Å². The van der Waals surface area contributed by atoms with Crippen molar-refractivity contribution in [2.45, 2.75) is 46.0 Å². The van der Waals surface area contributed by atoms with E-state index in [9.17, 15) is 0 Å². The summed E-state index contributed by atoms with van der Waals surface area (Å²) < 4.78 is 0. The topological polar surface area (TPSA) is 12.0 Å². The number of hydrogen-bond donors (Lipinski definition) is 1. The summed E-state index contributed by atoms with van der Waals surface area (Å²) in [5.74, 6) is 3.34. The molecule has 0 bridgehead atoms. The predicted octanol–water partition coefficient (Wildman–Crippen LogP) is 3.67. The van der Waals surface area contributed by atoms with Gasteiger partial charge in [-0.2, -0.15) is 0 Å². The highest BCUT2D eigenvalue weighted by Crippen LogP contribution is 2.31. The predicted molar refractivity (Wildman–Crippen MR) is 68.5 cm³/mol. The summed E-state index contributed by atoms with van der Waals surface area (Å²) >= 11 is 5.97. The molecule has 1 fully saturated rings. The van der Waals surface area contributed by atoms with Crippen LogP contribution in [0.1, 0.15) is 46.0 Å². The van der Waals surface area contributed by atoms with Gasteiger partial charge in [0, 0.05) is 5.88 Å². The molecule has 0 amide bonds. The van der Waals surface area contributed by atoms with Crippen LogP contribution < -0.4 is 5.32 Å². The monoisotopic (exact) mass is 231 g/mol. The van der Waals surface area contributed by atoms with Gasteiger partial charge in [-0.1, -0.05) is 33.1 Å². The van der Waals surface area contributed by atoms with Gasteiger partial charge >= 0.3 is 0 Å². The van der Waals surface area contributed by atoms with E-state index in [1.807, 2.05) is 0 Å². The fourth-order valence-corrected chi connectivity index (χ4v) is 3.04. The summed E-state index contributed by atoms with van der Waals surface area (Å²) in [7, 11) is 0. The molecule has 0 aliphatic heterocycles. The normalized spacial score (nSPS) is 26.4. The SMILES string of the molecule is CCC(CC)CNCC1CCCC1CCl. The van der Waals surface area contributed by atoms with Gasteiger partial charge in [0.15, 0.2) is 0 Å². The summed E-state index contributed by atoms with van der Waals surface area (Å²) in [6.45, 7) is 6.95. The van der Waals surface area contributed by atoms with Crippen LogP contribution in [0.25, 0.3) is 0 Å². The van der Waals surface area contributed by atoms with Crippen LogP contribution in [0.3, 0.4) is 0 Å². The van der Waals surface area contributed by atoms with Crippen molar-refractivity contribution in [3.8, 4) is 0 Å². The van der Waals surface area contributed by atoms with Gasteiger partial charge in [0.25, 0.3) is 0 Å². The second-order valence-corrected chi connectivity index (χ2v) is 5.25. The third-order valence-corrected chi connectivity index (χ3v) is 4.41. The van der Waals surface area contributed by atoms with Gasteiger partial charge in [-0.3, -0.25) is 0 Å². The molecule has 1 saturated carbocycles. The molecule has 1 N–H and O–H groups in total. The van der Waals surface area contributed by atoms with E-state index in [1.165, 1.54) is 45.2 Å². The molecule has 90 valence electrons. The van der Waals surface area contributed by atoms with Gasteiger partial charge < -0.3 is 5.32 Å². The van der Waals surface area contributed by atoms with Crippen molar-refractivity contribution in [2.24, 2.45) is 17.8 Å². The van der Waals surface area contributed by atoms with E-state index < -0.39 is 0 Å². The Kier molecular flexibility index (Phi) is 6.67. The van der Waals surface area contributed by atoms with E-state index in [1.54, 1.807) is 0 Å². The highest BCUT2D eigenvalue weighted by atomic mass is 35.5. The van der Waals surface area contributed by atoms with Gasteiger partial charge in [-0.15, -0.1) is 11.6 Å². The number of alkyl halides is 1. The van der Waals surface area contributed by atoms with Crippen molar-refractivity contribution in [3.05, 3.63) is 0 Å². The Hall–Kier alpha value is 0.250. The second-order valence-electron chi connectivity index (χ2n) is 4.95. The van der Waals surface area contributed by atoms with Crippen LogP contribution in [0.2, 0.25) is 0 Å². The minimum atomic E-state index is 0.779. The van der Waals surface area contributed by atoms with Crippen molar-refractivity contribution in [1.29, 1.82) is 0 Å². The molecule has 1 rings (SSSR count). The molecule has 2 heteroatoms. The molecule has 0 radical (unpaired) electrons. The Bertz CT molecular complexity index is 157. The molecule has 1 aliphatic carbocycles. The van der Waals surface area contributed by atoms with Gasteiger partial charge in [0.1, 0.15) is 0 Å². The van der Waals surface area contributed by atoms with E-state index in [-0.39, 0.29) is 0 Å². The Morgan fingerprint density at radius 3 is 2.47 bits per heavy atom. The first kappa shape index (κ1) is 13.3. The van der Waals surface area contributed by atoms with Crippen LogP contribution in [-0.2, 0) is 0 Å². The summed E-state index contributed by atoms with van der Waals surface area (Å²) in [4.78, 5) is 0. The number of halogens is 1. The fourth-order valence-electron chi connectivity index (χ4n) is 2.64. The number of hydrogen-bond acceptors (Lipinski definition) is 1. The van der Waals surface area contributed by atoms with Crippen LogP contribution in [0.4, 0.5) is 0 Å². The molecule has 15 heavy (non-hydrogen) atoms. The molecule has 0 aromatic heterocycles. The lowest BCUT2D eigenvalue weighted by molar-refractivity contribution is 0.367. The largest absolute Gasteiger partial charge is 0.316 e. The van der Waals surface area contributed by atoms with E-state index in [2.05, 4.69) is 19.2 Å². The highest BCUT2D eigenvalue weighted by Gasteiger charge is 2.25. The zero-order valence-electron chi connectivity index (χ0n) is 10.3. The van der Waals surface area contributed by atoms with Crippen LogP contribution in [0.15, 0.2) is 0 Å². The standard InChI is InChI=1S/C13H26ClN/c1-3-11(4-2)9-15-10-13-7-5-6-12(13)8-14/h11-13,15H,3-10H2,1-2H3. The molecular weight excluding hydrogens is 206 g/mol. The summed E-state index contributed by atoms with van der Waals surface area (Å²) in [6.07, 6.45) is 6.71. The lowest BCUT2D eigenvalue weighted by Gasteiger charge is -2.20.